The topological polar surface area (TPSA) is 34.9 Å². The summed E-state index contributed by atoms with van der Waals surface area (Å²) >= 11 is 17.8. The van der Waals surface area contributed by atoms with Crippen LogP contribution in [-0.4, -0.2) is 25.8 Å². The second-order valence-corrected chi connectivity index (χ2v) is 6.48. The van der Waals surface area contributed by atoms with Gasteiger partial charge in [0.05, 0.1) is 27.0 Å². The van der Waals surface area contributed by atoms with Gasteiger partial charge in [-0.05, 0) is 12.1 Å². The van der Waals surface area contributed by atoms with Crippen molar-refractivity contribution in [3.63, 3.8) is 0 Å². The zero-order valence-corrected chi connectivity index (χ0v) is 12.7. The lowest BCUT2D eigenvalue weighted by atomic mass is 10.3. The highest BCUT2D eigenvalue weighted by Gasteiger charge is 2.12. The Hall–Kier alpha value is -0.290. The third-order valence-electron chi connectivity index (χ3n) is 2.59. The molecule has 0 saturated heterocycles. The van der Waals surface area contributed by atoms with Crippen LogP contribution in [-0.2, 0) is 23.2 Å². The van der Waals surface area contributed by atoms with E-state index in [4.69, 9.17) is 34.8 Å². The second-order valence-electron chi connectivity index (χ2n) is 3.85. The number of hydrogen-bond acceptors (Lipinski definition) is 2. The molecule has 0 amide bonds. The van der Waals surface area contributed by atoms with Gasteiger partial charge in [-0.2, -0.15) is 0 Å². The van der Waals surface area contributed by atoms with Crippen LogP contribution in [0.5, 0.6) is 0 Å². The van der Waals surface area contributed by atoms with Crippen molar-refractivity contribution in [1.29, 1.82) is 0 Å². The average molecular weight is 326 g/mol. The maximum Gasteiger partial charge on any atom is 0.124 e. The largest absolute Gasteiger partial charge is 0.326 e. The first kappa shape index (κ1) is 14.1. The van der Waals surface area contributed by atoms with Crippen molar-refractivity contribution in [3.8, 4) is 0 Å². The van der Waals surface area contributed by atoms with Crippen LogP contribution in [0.1, 0.15) is 5.82 Å². The summed E-state index contributed by atoms with van der Waals surface area (Å²) in [7, 11) is -0.864. The molecular formula is C11H11Cl3N2OS. The molecule has 1 atom stereocenters. The third kappa shape index (κ3) is 2.82. The van der Waals surface area contributed by atoms with Crippen LogP contribution in [0.2, 0.25) is 10.0 Å². The molecule has 0 aliphatic carbocycles. The molecule has 0 fully saturated rings. The highest BCUT2D eigenvalue weighted by atomic mass is 35.5. The number of aryl methyl sites for hydroxylation is 1. The predicted molar refractivity (Wildman–Crippen MR) is 78.2 cm³/mol. The zero-order valence-electron chi connectivity index (χ0n) is 9.62. The summed E-state index contributed by atoms with van der Waals surface area (Å²) in [6.45, 7) is 0.597. The molecule has 0 saturated carbocycles. The lowest BCUT2D eigenvalue weighted by Gasteiger charge is -2.06. The van der Waals surface area contributed by atoms with Gasteiger partial charge in [0.25, 0.3) is 0 Å². The molecule has 0 aliphatic heterocycles. The van der Waals surface area contributed by atoms with Gasteiger partial charge in [0.15, 0.2) is 0 Å². The lowest BCUT2D eigenvalue weighted by Crippen LogP contribution is -2.09. The summed E-state index contributed by atoms with van der Waals surface area (Å²) in [6, 6.07) is 3.48. The molecule has 98 valence electrons. The van der Waals surface area contributed by atoms with E-state index in [-0.39, 0.29) is 0 Å². The maximum absolute atomic E-state index is 11.2. The number of aromatic nitrogens is 2. The van der Waals surface area contributed by atoms with E-state index in [9.17, 15) is 4.21 Å². The Morgan fingerprint density at radius 2 is 2.00 bits per heavy atom. The predicted octanol–water partition coefficient (Wildman–Crippen LogP) is 3.46. The molecule has 1 aromatic heterocycles. The molecule has 0 radical (unpaired) electrons. The van der Waals surface area contributed by atoms with E-state index in [1.165, 1.54) is 0 Å². The molecule has 0 N–H and O–H groups in total. The van der Waals surface area contributed by atoms with Crippen molar-refractivity contribution in [1.82, 2.24) is 9.55 Å². The molecule has 1 heterocycles. The Bertz CT molecular complexity index is 612. The van der Waals surface area contributed by atoms with E-state index in [2.05, 4.69) is 4.98 Å². The van der Waals surface area contributed by atoms with Gasteiger partial charge in [0.1, 0.15) is 5.82 Å². The van der Waals surface area contributed by atoms with Gasteiger partial charge < -0.3 is 4.57 Å². The van der Waals surface area contributed by atoms with Crippen LogP contribution in [0, 0.1) is 0 Å². The number of fused-ring (bicyclic) bond motifs is 1. The molecule has 2 aromatic rings. The average Bonchev–Trinajstić information content (AvgIpc) is 2.64. The minimum Gasteiger partial charge on any atom is -0.326 e. The minimum absolute atomic E-state index is 0.292. The molecule has 0 spiro atoms. The Balaban J connectivity index is 2.53. The van der Waals surface area contributed by atoms with Crippen molar-refractivity contribution in [2.24, 2.45) is 0 Å². The fourth-order valence-corrected chi connectivity index (χ4v) is 2.70. The summed E-state index contributed by atoms with van der Waals surface area (Å²) in [5, 5.41) is 0.943. The number of imidazole rings is 1. The quantitative estimate of drug-likeness (QED) is 0.807. The number of nitrogens with zero attached hydrogens (tertiary/aromatic N) is 2. The molecule has 2 rings (SSSR count). The monoisotopic (exact) mass is 324 g/mol. The fourth-order valence-electron chi connectivity index (χ4n) is 1.74. The first-order valence-electron chi connectivity index (χ1n) is 5.23. The lowest BCUT2D eigenvalue weighted by molar-refractivity contribution is 0.676. The van der Waals surface area contributed by atoms with E-state index >= 15 is 0 Å². The standard InChI is InChI=1S/C11H11Cl3N2OS/c1-18(17)3-2-16-10-5-8(14)7(13)4-9(10)15-11(16)6-12/h4-5H,2-3,6H2,1H3. The van der Waals surface area contributed by atoms with Gasteiger partial charge in [-0.15, -0.1) is 11.6 Å². The fraction of sp³-hybridized carbons (Fsp3) is 0.364. The summed E-state index contributed by atoms with van der Waals surface area (Å²) < 4.78 is 13.1. The molecule has 1 unspecified atom stereocenters. The van der Waals surface area contributed by atoms with Crippen LogP contribution < -0.4 is 0 Å². The zero-order chi connectivity index (χ0) is 13.3. The molecule has 0 bridgehead atoms. The van der Waals surface area contributed by atoms with Crippen molar-refractivity contribution >= 4 is 56.6 Å². The van der Waals surface area contributed by atoms with Crippen LogP contribution in [0.25, 0.3) is 11.0 Å². The summed E-state index contributed by atoms with van der Waals surface area (Å²) in [5.41, 5.74) is 1.62. The molecule has 7 heteroatoms. The smallest absolute Gasteiger partial charge is 0.124 e. The van der Waals surface area contributed by atoms with E-state index < -0.39 is 10.8 Å². The number of benzene rings is 1. The molecular weight excluding hydrogens is 315 g/mol. The van der Waals surface area contributed by atoms with Gasteiger partial charge in [-0.25, -0.2) is 4.98 Å². The van der Waals surface area contributed by atoms with E-state index in [1.54, 1.807) is 18.4 Å². The maximum atomic E-state index is 11.2. The summed E-state index contributed by atoms with van der Waals surface area (Å²) in [4.78, 5) is 4.40. The normalized spacial score (nSPS) is 13.1. The van der Waals surface area contributed by atoms with E-state index in [0.717, 1.165) is 16.9 Å². The van der Waals surface area contributed by atoms with Crippen molar-refractivity contribution < 1.29 is 4.21 Å². The van der Waals surface area contributed by atoms with E-state index in [1.807, 2.05) is 4.57 Å². The minimum atomic E-state index is -0.864. The summed E-state index contributed by atoms with van der Waals surface area (Å²) in [6.07, 6.45) is 1.67. The number of halogens is 3. The molecule has 0 aliphatic rings. The first-order valence-corrected chi connectivity index (χ1v) is 8.25. The third-order valence-corrected chi connectivity index (χ3v) is 4.31. The molecule has 3 nitrogen and oxygen atoms in total. The van der Waals surface area contributed by atoms with Gasteiger partial charge in [0, 0.05) is 29.4 Å². The molecule has 18 heavy (non-hydrogen) atoms. The summed E-state index contributed by atoms with van der Waals surface area (Å²) in [5.74, 6) is 1.58. The SMILES string of the molecule is CS(=O)CCn1c(CCl)nc2cc(Cl)c(Cl)cc21. The van der Waals surface area contributed by atoms with Crippen LogP contribution in [0.3, 0.4) is 0 Å². The first-order chi connectivity index (χ1) is 8.52. The van der Waals surface area contributed by atoms with Gasteiger partial charge in [-0.1, -0.05) is 23.2 Å². The van der Waals surface area contributed by atoms with Crippen LogP contribution >= 0.6 is 34.8 Å². The highest BCUT2D eigenvalue weighted by Crippen LogP contribution is 2.28. The van der Waals surface area contributed by atoms with Crippen molar-refractivity contribution in [2.75, 3.05) is 12.0 Å². The Morgan fingerprint density at radius 1 is 1.33 bits per heavy atom. The molecule has 1 aromatic carbocycles. The highest BCUT2D eigenvalue weighted by molar-refractivity contribution is 7.84. The van der Waals surface area contributed by atoms with Crippen molar-refractivity contribution in [3.05, 3.63) is 28.0 Å². The second kappa shape index (κ2) is 5.78. The Kier molecular flexibility index (Phi) is 4.54. The Morgan fingerprint density at radius 3 is 2.61 bits per heavy atom. The Labute approximate surface area is 122 Å². The van der Waals surface area contributed by atoms with Gasteiger partial charge >= 0.3 is 0 Å². The van der Waals surface area contributed by atoms with E-state index in [0.29, 0.717) is 28.2 Å². The number of alkyl halides is 1. The van der Waals surface area contributed by atoms with Crippen molar-refractivity contribution in [2.45, 2.75) is 12.4 Å². The van der Waals surface area contributed by atoms with Gasteiger partial charge in [0.2, 0.25) is 0 Å². The number of hydrogen-bond donors (Lipinski definition) is 0. The van der Waals surface area contributed by atoms with Crippen LogP contribution in [0.4, 0.5) is 0 Å². The number of rotatable bonds is 4. The van der Waals surface area contributed by atoms with Crippen LogP contribution in [0.15, 0.2) is 12.1 Å². The van der Waals surface area contributed by atoms with Gasteiger partial charge in [-0.3, -0.25) is 4.21 Å².